The Kier molecular flexibility index (Phi) is 13.3. The monoisotopic (exact) mass is 494 g/mol. The summed E-state index contributed by atoms with van der Waals surface area (Å²) in [7, 11) is 0. The Labute approximate surface area is 201 Å². The van der Waals surface area contributed by atoms with Gasteiger partial charge < -0.3 is 9.84 Å². The lowest BCUT2D eigenvalue weighted by Gasteiger charge is -2.22. The normalized spacial score (nSPS) is 10.2. The van der Waals surface area contributed by atoms with E-state index in [2.05, 4.69) is 32.9 Å². The lowest BCUT2D eigenvalue weighted by atomic mass is 10.1. The standard InChI is InChI=1S/C23H26O4S4/c1-6-11-27-23(26)17-20(30-14-9-4)18(28-12-7-2)16(22(24)25)19(29-13-8-3)21(17)31-15-10-5/h6-10H,1-5,11-15H2,(H,24,25). The van der Waals surface area contributed by atoms with E-state index >= 15 is 0 Å². The highest BCUT2D eigenvalue weighted by Gasteiger charge is 2.31. The summed E-state index contributed by atoms with van der Waals surface area (Å²) >= 11 is 5.41. The molecule has 0 heterocycles. The molecule has 0 spiro atoms. The first-order chi connectivity index (χ1) is 15.0. The summed E-state index contributed by atoms with van der Waals surface area (Å²) in [6, 6.07) is 0. The summed E-state index contributed by atoms with van der Waals surface area (Å²) in [5, 5.41) is 10.1. The molecular formula is C23H26O4S4. The molecule has 0 radical (unpaired) electrons. The molecule has 0 bridgehead atoms. The SMILES string of the molecule is C=CCOC(=O)c1c(SCC=C)c(SCC=C)c(C(=O)O)c(SCC=C)c1SCC=C. The molecule has 8 heteroatoms. The minimum absolute atomic E-state index is 0.0565. The highest BCUT2D eigenvalue weighted by molar-refractivity contribution is 8.03. The van der Waals surface area contributed by atoms with Crippen LogP contribution in [0.3, 0.4) is 0 Å². The minimum atomic E-state index is -1.05. The number of benzene rings is 1. The smallest absolute Gasteiger partial charge is 0.340 e. The average molecular weight is 495 g/mol. The van der Waals surface area contributed by atoms with Gasteiger partial charge in [0.1, 0.15) is 6.61 Å². The molecule has 0 amide bonds. The molecule has 0 unspecified atom stereocenters. The number of esters is 1. The van der Waals surface area contributed by atoms with E-state index in [1.807, 2.05) is 0 Å². The quantitative estimate of drug-likeness (QED) is 0.152. The van der Waals surface area contributed by atoms with Gasteiger partial charge in [-0.2, -0.15) is 0 Å². The van der Waals surface area contributed by atoms with Crippen LogP contribution in [0.25, 0.3) is 0 Å². The van der Waals surface area contributed by atoms with Gasteiger partial charge in [0.15, 0.2) is 0 Å². The predicted octanol–water partition coefficient (Wildman–Crippen LogP) is 6.84. The Morgan fingerprint density at radius 2 is 1.03 bits per heavy atom. The zero-order chi connectivity index (χ0) is 23.2. The molecule has 0 aromatic heterocycles. The highest BCUT2D eigenvalue weighted by Crippen LogP contribution is 2.48. The molecule has 0 fully saturated rings. The molecule has 1 N–H and O–H groups in total. The number of hydrogen-bond donors (Lipinski definition) is 1. The molecule has 0 saturated carbocycles. The zero-order valence-electron chi connectivity index (χ0n) is 17.3. The number of carbonyl (C=O) groups is 2. The van der Waals surface area contributed by atoms with Crippen molar-refractivity contribution in [2.24, 2.45) is 0 Å². The van der Waals surface area contributed by atoms with E-state index < -0.39 is 11.9 Å². The minimum Gasteiger partial charge on any atom is -0.478 e. The maximum Gasteiger partial charge on any atom is 0.340 e. The van der Waals surface area contributed by atoms with Gasteiger partial charge in [0.05, 0.1) is 11.1 Å². The maximum atomic E-state index is 13.2. The van der Waals surface area contributed by atoms with Gasteiger partial charge in [0.2, 0.25) is 0 Å². The lowest BCUT2D eigenvalue weighted by molar-refractivity contribution is 0.0537. The van der Waals surface area contributed by atoms with Crippen molar-refractivity contribution < 1.29 is 19.4 Å². The lowest BCUT2D eigenvalue weighted by Crippen LogP contribution is -2.14. The molecule has 1 aromatic carbocycles. The number of rotatable bonds is 16. The van der Waals surface area contributed by atoms with Crippen LogP contribution in [0, 0.1) is 0 Å². The van der Waals surface area contributed by atoms with Crippen molar-refractivity contribution in [3.8, 4) is 0 Å². The number of ether oxygens (including phenoxy) is 1. The summed E-state index contributed by atoms with van der Waals surface area (Å²) in [6.45, 7) is 18.7. The van der Waals surface area contributed by atoms with Crippen molar-refractivity contribution in [1.82, 2.24) is 0 Å². The highest BCUT2D eigenvalue weighted by atomic mass is 32.2. The van der Waals surface area contributed by atoms with Crippen LogP contribution in [-0.2, 0) is 4.74 Å². The summed E-state index contributed by atoms with van der Waals surface area (Å²) in [5.74, 6) is 0.433. The van der Waals surface area contributed by atoms with Crippen molar-refractivity contribution in [3.05, 3.63) is 74.4 Å². The fourth-order valence-corrected chi connectivity index (χ4v) is 6.60. The van der Waals surface area contributed by atoms with Crippen LogP contribution >= 0.6 is 47.0 Å². The summed E-state index contributed by atoms with van der Waals surface area (Å²) in [5.41, 5.74) is 0.542. The maximum absolute atomic E-state index is 13.2. The van der Waals surface area contributed by atoms with Crippen molar-refractivity contribution >= 4 is 59.0 Å². The predicted molar refractivity (Wildman–Crippen MR) is 138 cm³/mol. The molecule has 31 heavy (non-hydrogen) atoms. The molecule has 0 aliphatic heterocycles. The molecule has 0 aliphatic rings. The van der Waals surface area contributed by atoms with E-state index in [4.69, 9.17) is 4.74 Å². The van der Waals surface area contributed by atoms with Gasteiger partial charge in [0.25, 0.3) is 0 Å². The van der Waals surface area contributed by atoms with Crippen LogP contribution in [0.2, 0.25) is 0 Å². The molecule has 0 aliphatic carbocycles. The summed E-state index contributed by atoms with van der Waals surface area (Å²) < 4.78 is 5.40. The molecule has 4 nitrogen and oxygen atoms in total. The van der Waals surface area contributed by atoms with Gasteiger partial charge in [0, 0.05) is 42.6 Å². The Hall–Kier alpha value is -1.74. The molecule has 1 aromatic rings. The second kappa shape index (κ2) is 15.1. The van der Waals surface area contributed by atoms with E-state index in [-0.39, 0.29) is 12.2 Å². The first kappa shape index (κ1) is 27.3. The van der Waals surface area contributed by atoms with Crippen molar-refractivity contribution in [3.63, 3.8) is 0 Å². The van der Waals surface area contributed by atoms with E-state index in [1.54, 1.807) is 24.3 Å². The van der Waals surface area contributed by atoms with Gasteiger partial charge >= 0.3 is 11.9 Å². The summed E-state index contributed by atoms with van der Waals surface area (Å²) in [4.78, 5) is 27.8. The van der Waals surface area contributed by atoms with Crippen molar-refractivity contribution in [2.45, 2.75) is 19.6 Å². The van der Waals surface area contributed by atoms with Crippen LogP contribution in [0.5, 0.6) is 0 Å². The van der Waals surface area contributed by atoms with Crippen LogP contribution in [0.4, 0.5) is 0 Å². The van der Waals surface area contributed by atoms with Gasteiger partial charge in [-0.05, 0) is 0 Å². The van der Waals surface area contributed by atoms with Gasteiger partial charge in [-0.3, -0.25) is 0 Å². The fourth-order valence-electron chi connectivity index (χ4n) is 2.37. The van der Waals surface area contributed by atoms with Gasteiger partial charge in [-0.15, -0.1) is 73.4 Å². The number of hydrogen-bond acceptors (Lipinski definition) is 7. The number of thioether (sulfide) groups is 4. The molecule has 0 saturated heterocycles. The molecule has 1 rings (SSSR count). The topological polar surface area (TPSA) is 63.6 Å². The van der Waals surface area contributed by atoms with Crippen molar-refractivity contribution in [2.75, 3.05) is 29.6 Å². The summed E-state index contributed by atoms with van der Waals surface area (Å²) in [6.07, 6.45) is 8.32. The third-order valence-electron chi connectivity index (χ3n) is 3.45. The fraction of sp³-hybridized carbons (Fsp3) is 0.217. The van der Waals surface area contributed by atoms with E-state index in [0.29, 0.717) is 48.2 Å². The van der Waals surface area contributed by atoms with Gasteiger partial charge in [-0.25, -0.2) is 9.59 Å². The van der Waals surface area contributed by atoms with E-state index in [0.717, 1.165) is 0 Å². The Morgan fingerprint density at radius 3 is 1.32 bits per heavy atom. The Bertz CT molecular complexity index is 813. The largest absolute Gasteiger partial charge is 0.478 e. The van der Waals surface area contributed by atoms with Crippen molar-refractivity contribution in [1.29, 1.82) is 0 Å². The second-order valence-corrected chi connectivity index (χ2v) is 9.78. The van der Waals surface area contributed by atoms with Crippen LogP contribution < -0.4 is 0 Å². The van der Waals surface area contributed by atoms with Crippen LogP contribution in [0.1, 0.15) is 20.7 Å². The number of aromatic carboxylic acids is 1. The second-order valence-electron chi connectivity index (χ2n) is 5.66. The van der Waals surface area contributed by atoms with Gasteiger partial charge in [-0.1, -0.05) is 37.0 Å². The zero-order valence-corrected chi connectivity index (χ0v) is 20.5. The third-order valence-corrected chi connectivity index (χ3v) is 8.11. The molecule has 166 valence electrons. The first-order valence-electron chi connectivity index (χ1n) is 9.18. The molecular weight excluding hydrogens is 469 g/mol. The number of carboxylic acids is 1. The number of carbonyl (C=O) groups excluding carboxylic acids is 1. The Balaban J connectivity index is 4.04. The van der Waals surface area contributed by atoms with Crippen LogP contribution in [-0.4, -0.2) is 46.7 Å². The Morgan fingerprint density at radius 1 is 0.677 bits per heavy atom. The van der Waals surface area contributed by atoms with E-state index in [9.17, 15) is 14.7 Å². The average Bonchev–Trinajstić information content (AvgIpc) is 2.76. The first-order valence-corrected chi connectivity index (χ1v) is 13.1. The van der Waals surface area contributed by atoms with E-state index in [1.165, 1.54) is 53.1 Å². The third kappa shape index (κ3) is 7.71. The molecule has 0 atom stereocenters. The van der Waals surface area contributed by atoms with Crippen LogP contribution in [0.15, 0.2) is 82.9 Å². The number of carboxylic acid groups (broad SMARTS) is 1.